The van der Waals surface area contributed by atoms with Crippen LogP contribution in [0.25, 0.3) is 5.65 Å². The maximum Gasteiger partial charge on any atom is 0.408 e. The molecule has 2 aliphatic carbocycles. The van der Waals surface area contributed by atoms with Crippen LogP contribution in [0.15, 0.2) is 29.3 Å². The molecule has 3 fully saturated rings. The van der Waals surface area contributed by atoms with Crippen molar-refractivity contribution >= 4 is 17.5 Å². The van der Waals surface area contributed by atoms with Crippen molar-refractivity contribution in [2.45, 2.75) is 82.5 Å². The molecule has 15 heteroatoms. The Labute approximate surface area is 236 Å². The summed E-state index contributed by atoms with van der Waals surface area (Å²) in [5.74, 6) is -3.72. The van der Waals surface area contributed by atoms with E-state index in [1.54, 1.807) is 12.3 Å². The van der Waals surface area contributed by atoms with Gasteiger partial charge in [0.05, 0.1) is 29.5 Å². The smallest absolute Gasteiger partial charge is 0.408 e. The first-order valence-corrected chi connectivity index (χ1v) is 14.0. The maximum atomic E-state index is 13.9. The number of hydrogen-bond acceptors (Lipinski definition) is 7. The van der Waals surface area contributed by atoms with Crippen LogP contribution in [0.2, 0.25) is 0 Å². The summed E-state index contributed by atoms with van der Waals surface area (Å²) in [5, 5.41) is 16.8. The first-order chi connectivity index (χ1) is 19.8. The average Bonchev–Trinajstić information content (AvgIpc) is 3.26. The number of fused-ring (bicyclic) bond motifs is 1. The number of imidazole rings is 1. The number of aromatic nitrogens is 5. The second-order valence-electron chi connectivity index (χ2n) is 12.1. The van der Waals surface area contributed by atoms with Crippen molar-refractivity contribution in [2.24, 2.45) is 23.2 Å². The van der Waals surface area contributed by atoms with Gasteiger partial charge >= 0.3 is 6.18 Å². The number of carbonyl (C=O) groups excluding carboxylic acids is 2. The molecule has 0 unspecified atom stereocenters. The predicted octanol–water partition coefficient (Wildman–Crippen LogP) is 3.97. The van der Waals surface area contributed by atoms with Crippen LogP contribution in [0.1, 0.15) is 68.6 Å². The summed E-state index contributed by atoms with van der Waals surface area (Å²) >= 11 is 0. The van der Waals surface area contributed by atoms with E-state index in [2.05, 4.69) is 30.9 Å². The highest BCUT2D eigenvalue weighted by Gasteiger charge is 2.56. The van der Waals surface area contributed by atoms with Crippen LogP contribution in [0.5, 0.6) is 0 Å². The average molecular weight is 596 g/mol. The Kier molecular flexibility index (Phi) is 6.96. The largest absolute Gasteiger partial charge is 0.428 e. The molecule has 2 amide bonds. The number of halogens is 5. The van der Waals surface area contributed by atoms with Gasteiger partial charge in [-0.25, -0.2) is 18.3 Å². The molecule has 4 heterocycles. The van der Waals surface area contributed by atoms with Crippen LogP contribution in [0.3, 0.4) is 0 Å². The summed E-state index contributed by atoms with van der Waals surface area (Å²) in [7, 11) is 0. The van der Waals surface area contributed by atoms with Gasteiger partial charge < -0.3 is 15.1 Å². The summed E-state index contributed by atoms with van der Waals surface area (Å²) in [5.41, 5.74) is -0.247. The fourth-order valence-electron chi connectivity index (χ4n) is 6.32. The quantitative estimate of drug-likeness (QED) is 0.377. The van der Waals surface area contributed by atoms with Gasteiger partial charge in [0.25, 0.3) is 0 Å². The Morgan fingerprint density at radius 2 is 2.00 bits per heavy atom. The van der Waals surface area contributed by atoms with Crippen LogP contribution in [-0.2, 0) is 22.4 Å². The van der Waals surface area contributed by atoms with Gasteiger partial charge in [0.1, 0.15) is 6.04 Å². The number of nitrogens with one attached hydrogen (secondary N) is 2. The van der Waals surface area contributed by atoms with Gasteiger partial charge in [0, 0.05) is 25.2 Å². The second kappa shape index (κ2) is 10.3. The van der Waals surface area contributed by atoms with Crippen molar-refractivity contribution in [1.29, 1.82) is 0 Å². The SMILES string of the molecule is C[C@@H]1C[C@H]1C(=O)N[C@H](c1cn2ncc(C[C@@]3(Cc4nnco4)C[C@@H](C(F)(F)F)NC3=O)cc2n1)C1CCC(F)(F)CC1. The van der Waals surface area contributed by atoms with Crippen molar-refractivity contribution in [2.75, 3.05) is 0 Å². The zero-order chi connectivity index (χ0) is 29.9. The minimum atomic E-state index is -4.63. The van der Waals surface area contributed by atoms with Crippen LogP contribution in [0.4, 0.5) is 22.0 Å². The minimum absolute atomic E-state index is 0.0340. The molecule has 2 saturated carbocycles. The summed E-state index contributed by atoms with van der Waals surface area (Å²) in [6.07, 6.45) is -0.674. The van der Waals surface area contributed by atoms with Gasteiger partial charge in [-0.2, -0.15) is 18.3 Å². The number of nitrogens with zero attached hydrogens (tertiary/aromatic N) is 5. The van der Waals surface area contributed by atoms with Crippen molar-refractivity contribution in [3.05, 3.63) is 42.0 Å². The monoisotopic (exact) mass is 595 g/mol. The third-order valence-corrected chi connectivity index (χ3v) is 8.91. The van der Waals surface area contributed by atoms with E-state index in [9.17, 15) is 31.5 Å². The number of alkyl halides is 5. The molecule has 0 radical (unpaired) electrons. The molecule has 3 aromatic rings. The molecular formula is C27H30F5N7O3. The normalized spacial score (nSPS) is 28.5. The predicted molar refractivity (Wildman–Crippen MR) is 135 cm³/mol. The van der Waals surface area contributed by atoms with Crippen LogP contribution in [0, 0.1) is 23.2 Å². The number of hydrogen-bond donors (Lipinski definition) is 2. The molecule has 2 N–H and O–H groups in total. The number of amides is 2. The highest BCUT2D eigenvalue weighted by atomic mass is 19.4. The van der Waals surface area contributed by atoms with Crippen molar-refractivity contribution in [3.63, 3.8) is 0 Å². The zero-order valence-electron chi connectivity index (χ0n) is 22.7. The first kappa shape index (κ1) is 28.5. The lowest BCUT2D eigenvalue weighted by Crippen LogP contribution is -2.39. The lowest BCUT2D eigenvalue weighted by atomic mass is 9.76. The number of carbonyl (C=O) groups is 2. The third-order valence-electron chi connectivity index (χ3n) is 8.91. The second-order valence-corrected chi connectivity index (χ2v) is 12.1. The molecule has 0 bridgehead atoms. The molecule has 3 aliphatic rings. The Morgan fingerprint density at radius 1 is 1.26 bits per heavy atom. The van der Waals surface area contributed by atoms with E-state index in [-0.39, 0.29) is 68.1 Å². The highest BCUT2D eigenvalue weighted by molar-refractivity contribution is 5.86. The first-order valence-electron chi connectivity index (χ1n) is 14.0. The highest BCUT2D eigenvalue weighted by Crippen LogP contribution is 2.44. The molecule has 0 spiro atoms. The Balaban J connectivity index is 1.28. The fraction of sp³-hybridized carbons (Fsp3) is 0.630. The Bertz CT molecular complexity index is 1470. The molecule has 42 heavy (non-hydrogen) atoms. The third kappa shape index (κ3) is 5.69. The molecule has 10 nitrogen and oxygen atoms in total. The summed E-state index contributed by atoms with van der Waals surface area (Å²) in [4.78, 5) is 30.6. The van der Waals surface area contributed by atoms with E-state index in [4.69, 9.17) is 4.42 Å². The topological polar surface area (TPSA) is 127 Å². The fourth-order valence-corrected chi connectivity index (χ4v) is 6.32. The van der Waals surface area contributed by atoms with Gasteiger partial charge in [0.2, 0.25) is 30.0 Å². The standard InChI is InChI=1S/C27H30F5N7O3/c1-14-6-17(14)23(40)37-22(16-2-4-26(28,29)5-3-16)18-12-39-20(35-18)7-15(11-34-39)8-25(10-21-38-33-13-42-21)9-19(27(30,31)32)36-24(25)41/h7,11-14,16-17,19,22H,2-6,8-10H2,1H3,(H,36,41)(H,37,40)/t14-,17-,19+,22+,25+/m1/s1. The van der Waals surface area contributed by atoms with Crippen LogP contribution in [-0.4, -0.2) is 54.8 Å². The lowest BCUT2D eigenvalue weighted by molar-refractivity contribution is -0.155. The maximum absolute atomic E-state index is 13.9. The van der Waals surface area contributed by atoms with Crippen LogP contribution >= 0.6 is 0 Å². The molecule has 0 aromatic carbocycles. The van der Waals surface area contributed by atoms with Gasteiger partial charge in [-0.05, 0) is 55.6 Å². The van der Waals surface area contributed by atoms with E-state index in [0.29, 0.717) is 16.9 Å². The molecular weight excluding hydrogens is 565 g/mol. The van der Waals surface area contributed by atoms with E-state index < -0.39 is 41.9 Å². The Morgan fingerprint density at radius 3 is 2.62 bits per heavy atom. The van der Waals surface area contributed by atoms with Crippen molar-refractivity contribution in [1.82, 2.24) is 35.4 Å². The Hall–Kier alpha value is -3.65. The van der Waals surface area contributed by atoms with Gasteiger partial charge in [-0.1, -0.05) is 6.92 Å². The molecule has 6 rings (SSSR count). The molecule has 1 aliphatic heterocycles. The van der Waals surface area contributed by atoms with Crippen LogP contribution < -0.4 is 10.6 Å². The van der Waals surface area contributed by atoms with E-state index in [1.165, 1.54) is 10.7 Å². The van der Waals surface area contributed by atoms with E-state index in [0.717, 1.165) is 12.8 Å². The molecule has 5 atom stereocenters. The zero-order valence-corrected chi connectivity index (χ0v) is 22.7. The van der Waals surface area contributed by atoms with E-state index >= 15 is 0 Å². The molecule has 3 aromatic heterocycles. The van der Waals surface area contributed by atoms with Crippen molar-refractivity contribution in [3.8, 4) is 0 Å². The molecule has 226 valence electrons. The summed E-state index contributed by atoms with van der Waals surface area (Å²) in [6.45, 7) is 1.98. The van der Waals surface area contributed by atoms with E-state index in [1.807, 2.05) is 6.92 Å². The van der Waals surface area contributed by atoms with Crippen molar-refractivity contribution < 1.29 is 36.0 Å². The van der Waals surface area contributed by atoms with Gasteiger partial charge in [-0.3, -0.25) is 9.59 Å². The summed E-state index contributed by atoms with van der Waals surface area (Å²) < 4.78 is 75.2. The minimum Gasteiger partial charge on any atom is -0.428 e. The lowest BCUT2D eigenvalue weighted by Gasteiger charge is -2.33. The molecule has 1 saturated heterocycles. The van der Waals surface area contributed by atoms with Gasteiger partial charge in [-0.15, -0.1) is 10.2 Å². The van der Waals surface area contributed by atoms with Gasteiger partial charge in [0.15, 0.2) is 5.65 Å². The summed E-state index contributed by atoms with van der Waals surface area (Å²) in [6, 6.07) is -0.996. The number of rotatable bonds is 8.